The van der Waals surface area contributed by atoms with Gasteiger partial charge in [-0.15, -0.1) is 0 Å². The van der Waals surface area contributed by atoms with Crippen LogP contribution in [0.15, 0.2) is 24.3 Å². The highest BCUT2D eigenvalue weighted by Crippen LogP contribution is 2.39. The fourth-order valence-corrected chi connectivity index (χ4v) is 2.93. The Balaban J connectivity index is 1.65. The summed E-state index contributed by atoms with van der Waals surface area (Å²) >= 11 is 0. The van der Waals surface area contributed by atoms with Gasteiger partial charge in [0.15, 0.2) is 0 Å². The molecule has 1 saturated heterocycles. The highest BCUT2D eigenvalue weighted by atomic mass is 16.6. The summed E-state index contributed by atoms with van der Waals surface area (Å²) < 4.78 is 10.8. The molecule has 1 aromatic carbocycles. The third kappa shape index (κ3) is 2.69. The Kier molecular flexibility index (Phi) is 3.29. The van der Waals surface area contributed by atoms with Gasteiger partial charge in [0.05, 0.1) is 6.61 Å². The van der Waals surface area contributed by atoms with Gasteiger partial charge in [0, 0.05) is 0 Å². The Morgan fingerprint density at radius 3 is 2.44 bits per heavy atom. The molecule has 2 fully saturated rings. The predicted octanol–water partition coefficient (Wildman–Crippen LogP) is 3.69. The van der Waals surface area contributed by atoms with Gasteiger partial charge in [-0.2, -0.15) is 0 Å². The Labute approximate surface area is 109 Å². The van der Waals surface area contributed by atoms with E-state index in [9.17, 15) is 0 Å². The largest absolute Gasteiger partial charge is 0.491 e. The van der Waals surface area contributed by atoms with Gasteiger partial charge < -0.3 is 9.47 Å². The molecule has 3 rings (SSSR count). The van der Waals surface area contributed by atoms with E-state index in [4.69, 9.17) is 9.47 Å². The van der Waals surface area contributed by atoms with Crippen LogP contribution < -0.4 is 4.74 Å². The van der Waals surface area contributed by atoms with Crippen molar-refractivity contribution >= 4 is 0 Å². The fourth-order valence-electron chi connectivity index (χ4n) is 2.93. The Morgan fingerprint density at radius 2 is 1.83 bits per heavy atom. The number of hydrogen-bond acceptors (Lipinski definition) is 2. The molecule has 0 radical (unpaired) electrons. The van der Waals surface area contributed by atoms with Gasteiger partial charge in [0.1, 0.15) is 18.5 Å². The van der Waals surface area contributed by atoms with E-state index in [0.29, 0.717) is 18.1 Å². The number of epoxide rings is 1. The molecule has 1 aliphatic carbocycles. The highest BCUT2D eigenvalue weighted by molar-refractivity contribution is 5.32. The van der Waals surface area contributed by atoms with Crippen LogP contribution in [0, 0.1) is 0 Å². The molecule has 0 bridgehead atoms. The molecular weight excluding hydrogens is 224 g/mol. The zero-order valence-electron chi connectivity index (χ0n) is 11.2. The minimum atomic E-state index is 0.334. The van der Waals surface area contributed by atoms with Crippen LogP contribution in [-0.2, 0) is 10.2 Å². The highest BCUT2D eigenvalue weighted by Gasteiger charge is 2.28. The van der Waals surface area contributed by atoms with Crippen molar-refractivity contribution in [2.75, 3.05) is 13.2 Å². The van der Waals surface area contributed by atoms with Gasteiger partial charge in [-0.3, -0.25) is 0 Å². The normalized spacial score (nSPS) is 25.7. The van der Waals surface area contributed by atoms with Gasteiger partial charge in [0.2, 0.25) is 0 Å². The Hall–Kier alpha value is -1.02. The zero-order valence-corrected chi connectivity index (χ0v) is 11.2. The van der Waals surface area contributed by atoms with E-state index in [0.717, 1.165) is 12.4 Å². The van der Waals surface area contributed by atoms with Crippen LogP contribution in [0.3, 0.4) is 0 Å². The summed E-state index contributed by atoms with van der Waals surface area (Å²) in [5.74, 6) is 0.966. The quantitative estimate of drug-likeness (QED) is 0.756. The first-order valence-electron chi connectivity index (χ1n) is 7.11. The van der Waals surface area contributed by atoms with E-state index in [1.54, 1.807) is 0 Å². The van der Waals surface area contributed by atoms with Crippen molar-refractivity contribution in [3.8, 4) is 5.75 Å². The van der Waals surface area contributed by atoms with Gasteiger partial charge in [-0.05, 0) is 36.0 Å². The van der Waals surface area contributed by atoms with Crippen LogP contribution >= 0.6 is 0 Å². The lowest BCUT2D eigenvalue weighted by atomic mass is 9.71. The molecule has 0 amide bonds. The van der Waals surface area contributed by atoms with E-state index in [1.165, 1.54) is 37.7 Å². The van der Waals surface area contributed by atoms with Gasteiger partial charge in [-0.25, -0.2) is 0 Å². The third-order valence-electron chi connectivity index (χ3n) is 4.35. The summed E-state index contributed by atoms with van der Waals surface area (Å²) in [6.45, 7) is 3.95. The number of benzene rings is 1. The fraction of sp³-hybridized carbons (Fsp3) is 0.625. The van der Waals surface area contributed by atoms with E-state index in [-0.39, 0.29) is 0 Å². The lowest BCUT2D eigenvalue weighted by Crippen LogP contribution is -2.24. The average molecular weight is 246 g/mol. The van der Waals surface area contributed by atoms with Gasteiger partial charge >= 0.3 is 0 Å². The molecule has 98 valence electrons. The van der Waals surface area contributed by atoms with Crippen LogP contribution in [0.2, 0.25) is 0 Å². The second-order valence-electron chi connectivity index (χ2n) is 5.91. The Morgan fingerprint density at radius 1 is 1.17 bits per heavy atom. The van der Waals surface area contributed by atoms with E-state index >= 15 is 0 Å². The van der Waals surface area contributed by atoms with Crippen LogP contribution in [0.4, 0.5) is 0 Å². The number of ether oxygens (including phenoxy) is 2. The average Bonchev–Trinajstić information content (AvgIpc) is 3.22. The van der Waals surface area contributed by atoms with Crippen molar-refractivity contribution in [2.45, 2.75) is 50.5 Å². The smallest absolute Gasteiger partial charge is 0.119 e. The molecule has 1 heterocycles. The number of hydrogen-bond donors (Lipinski definition) is 0. The van der Waals surface area contributed by atoms with Crippen molar-refractivity contribution < 1.29 is 9.47 Å². The second-order valence-corrected chi connectivity index (χ2v) is 5.91. The van der Waals surface area contributed by atoms with Crippen LogP contribution in [0.5, 0.6) is 5.75 Å². The van der Waals surface area contributed by atoms with Crippen molar-refractivity contribution in [3.05, 3.63) is 29.8 Å². The first-order chi connectivity index (χ1) is 8.76. The van der Waals surface area contributed by atoms with Crippen LogP contribution in [0.25, 0.3) is 0 Å². The van der Waals surface area contributed by atoms with Crippen LogP contribution in [0.1, 0.15) is 44.6 Å². The maximum absolute atomic E-state index is 5.68. The summed E-state index contributed by atoms with van der Waals surface area (Å²) in [5.41, 5.74) is 1.85. The predicted molar refractivity (Wildman–Crippen MR) is 72.1 cm³/mol. The summed E-state index contributed by atoms with van der Waals surface area (Å²) in [6.07, 6.45) is 7.12. The SMILES string of the molecule is CC1(c2ccc(OC[C@@H]3CO3)cc2)CCCCC1. The summed E-state index contributed by atoms with van der Waals surface area (Å²) in [6, 6.07) is 8.71. The molecule has 2 aliphatic rings. The first kappa shape index (κ1) is 12.0. The first-order valence-corrected chi connectivity index (χ1v) is 7.11. The lowest BCUT2D eigenvalue weighted by molar-refractivity contribution is 0.262. The van der Waals surface area contributed by atoms with Crippen molar-refractivity contribution in [3.63, 3.8) is 0 Å². The summed E-state index contributed by atoms with van der Waals surface area (Å²) in [4.78, 5) is 0. The van der Waals surface area contributed by atoms with Crippen LogP contribution in [-0.4, -0.2) is 19.3 Å². The summed E-state index contributed by atoms with van der Waals surface area (Å²) in [7, 11) is 0. The molecule has 0 unspecified atom stereocenters. The van der Waals surface area contributed by atoms with E-state index in [1.807, 2.05) is 0 Å². The number of rotatable bonds is 4. The molecule has 0 aromatic heterocycles. The van der Waals surface area contributed by atoms with Gasteiger partial charge in [-0.1, -0.05) is 38.3 Å². The summed E-state index contributed by atoms with van der Waals surface area (Å²) in [5, 5.41) is 0. The van der Waals surface area contributed by atoms with Crippen molar-refractivity contribution in [1.29, 1.82) is 0 Å². The molecule has 18 heavy (non-hydrogen) atoms. The Bertz CT molecular complexity index is 386. The topological polar surface area (TPSA) is 21.8 Å². The molecule has 1 saturated carbocycles. The molecule has 2 heteroatoms. The third-order valence-corrected chi connectivity index (χ3v) is 4.35. The molecule has 0 spiro atoms. The molecule has 1 atom stereocenters. The maximum atomic E-state index is 5.68. The second kappa shape index (κ2) is 4.93. The zero-order chi connectivity index (χ0) is 12.4. The minimum Gasteiger partial charge on any atom is -0.491 e. The van der Waals surface area contributed by atoms with E-state index < -0.39 is 0 Å². The van der Waals surface area contributed by atoms with E-state index in [2.05, 4.69) is 31.2 Å². The molecule has 1 aliphatic heterocycles. The molecule has 1 aromatic rings. The molecule has 0 N–H and O–H groups in total. The molecular formula is C16H22O2. The minimum absolute atomic E-state index is 0.334. The standard InChI is InChI=1S/C16H22O2/c1-16(9-3-2-4-10-16)13-5-7-14(8-6-13)17-11-15-12-18-15/h5-8,15H,2-4,9-12H2,1H3/t15-/m1/s1. The lowest BCUT2D eigenvalue weighted by Gasteiger charge is -2.34. The van der Waals surface area contributed by atoms with Crippen molar-refractivity contribution in [1.82, 2.24) is 0 Å². The maximum Gasteiger partial charge on any atom is 0.119 e. The monoisotopic (exact) mass is 246 g/mol. The molecule has 2 nitrogen and oxygen atoms in total. The van der Waals surface area contributed by atoms with Gasteiger partial charge in [0.25, 0.3) is 0 Å². The van der Waals surface area contributed by atoms with Crippen molar-refractivity contribution in [2.24, 2.45) is 0 Å².